The molecule has 380 valence electrons. The van der Waals surface area contributed by atoms with E-state index in [-0.39, 0.29) is 31.1 Å². The molecular weight excluding hydrogens is 817 g/mol. The van der Waals surface area contributed by atoms with Crippen molar-refractivity contribution in [2.75, 3.05) is 13.2 Å². The van der Waals surface area contributed by atoms with Gasteiger partial charge in [0.25, 0.3) is 0 Å². The molecule has 0 aromatic heterocycles. The van der Waals surface area contributed by atoms with Crippen LogP contribution in [0.25, 0.3) is 0 Å². The molecule has 1 unspecified atom stereocenters. The molecule has 0 amide bonds. The first-order chi connectivity index (χ1) is 32.5. The molecule has 0 aliphatic carbocycles. The van der Waals surface area contributed by atoms with E-state index >= 15 is 0 Å². The summed E-state index contributed by atoms with van der Waals surface area (Å²) >= 11 is 0. The van der Waals surface area contributed by atoms with Crippen molar-refractivity contribution in [2.24, 2.45) is 0 Å². The normalized spacial score (nSPS) is 12.6. The molecule has 0 aromatic carbocycles. The summed E-state index contributed by atoms with van der Waals surface area (Å²) in [4.78, 5) is 38.1. The molecule has 0 saturated carbocycles. The lowest BCUT2D eigenvalue weighted by Crippen LogP contribution is -2.30. The van der Waals surface area contributed by atoms with Gasteiger partial charge in [-0.3, -0.25) is 14.4 Å². The lowest BCUT2D eigenvalue weighted by molar-refractivity contribution is -0.167. The second kappa shape index (κ2) is 54.5. The predicted octanol–water partition coefficient (Wildman–Crippen LogP) is 18.6. The van der Waals surface area contributed by atoms with Gasteiger partial charge in [-0.25, -0.2) is 0 Å². The number of unbranched alkanes of at least 4 members (excludes halogenated alkanes) is 28. The monoisotopic (exact) mass is 921 g/mol. The predicted molar refractivity (Wildman–Crippen MR) is 284 cm³/mol. The van der Waals surface area contributed by atoms with Crippen molar-refractivity contribution in [3.05, 3.63) is 72.9 Å². The summed E-state index contributed by atoms with van der Waals surface area (Å²) in [6, 6.07) is 0. The van der Waals surface area contributed by atoms with Crippen LogP contribution in [0.3, 0.4) is 0 Å². The Bertz CT molecular complexity index is 1240. The number of esters is 3. The molecule has 0 aromatic rings. The van der Waals surface area contributed by atoms with Crippen molar-refractivity contribution in [1.29, 1.82) is 0 Å². The van der Waals surface area contributed by atoms with Crippen LogP contribution in [0.15, 0.2) is 72.9 Å². The quantitative estimate of drug-likeness (QED) is 0.0199. The molecule has 66 heavy (non-hydrogen) atoms. The van der Waals surface area contributed by atoms with Crippen LogP contribution in [0.5, 0.6) is 0 Å². The van der Waals surface area contributed by atoms with Crippen molar-refractivity contribution >= 4 is 17.9 Å². The Morgan fingerprint density at radius 2 is 0.636 bits per heavy atom. The zero-order chi connectivity index (χ0) is 47.9. The third kappa shape index (κ3) is 51.8. The maximum Gasteiger partial charge on any atom is 0.306 e. The van der Waals surface area contributed by atoms with E-state index in [2.05, 4.69) is 93.7 Å². The molecule has 0 heterocycles. The molecule has 0 spiro atoms. The van der Waals surface area contributed by atoms with Crippen LogP contribution in [0.2, 0.25) is 0 Å². The van der Waals surface area contributed by atoms with Gasteiger partial charge in [0.05, 0.1) is 0 Å². The Balaban J connectivity index is 4.42. The minimum Gasteiger partial charge on any atom is -0.462 e. The van der Waals surface area contributed by atoms with E-state index in [1.54, 1.807) is 0 Å². The molecule has 0 saturated heterocycles. The maximum absolute atomic E-state index is 12.8. The van der Waals surface area contributed by atoms with Gasteiger partial charge in [-0.2, -0.15) is 0 Å². The van der Waals surface area contributed by atoms with Gasteiger partial charge in [-0.15, -0.1) is 0 Å². The van der Waals surface area contributed by atoms with E-state index in [1.807, 2.05) is 0 Å². The molecule has 6 nitrogen and oxygen atoms in total. The van der Waals surface area contributed by atoms with E-state index in [9.17, 15) is 14.4 Å². The van der Waals surface area contributed by atoms with Crippen LogP contribution in [-0.2, 0) is 28.6 Å². The Kier molecular flexibility index (Phi) is 51.9. The molecule has 0 N–H and O–H groups in total. The lowest BCUT2D eigenvalue weighted by atomic mass is 10.1. The first kappa shape index (κ1) is 62.8. The molecule has 0 aliphatic heterocycles. The average molecular weight is 921 g/mol. The highest BCUT2D eigenvalue weighted by molar-refractivity contribution is 5.71. The van der Waals surface area contributed by atoms with Gasteiger partial charge < -0.3 is 14.2 Å². The topological polar surface area (TPSA) is 78.9 Å². The number of hydrogen-bond acceptors (Lipinski definition) is 6. The first-order valence-electron chi connectivity index (χ1n) is 28.0. The summed E-state index contributed by atoms with van der Waals surface area (Å²) < 4.78 is 16.8. The van der Waals surface area contributed by atoms with Crippen molar-refractivity contribution in [3.63, 3.8) is 0 Å². The number of carbonyl (C=O) groups excluding carboxylic acids is 3. The molecular formula is C60H104O6. The number of rotatable bonds is 50. The van der Waals surface area contributed by atoms with Gasteiger partial charge in [0.15, 0.2) is 6.10 Å². The van der Waals surface area contributed by atoms with Crippen LogP contribution in [0, 0.1) is 0 Å². The highest BCUT2D eigenvalue weighted by atomic mass is 16.6. The standard InChI is InChI=1S/C60H104O6/c1-4-7-10-13-16-19-22-25-27-29-30-31-33-35-38-41-44-47-50-53-59(62)65-56-57(55-64-58(61)52-49-46-43-40-37-34-24-21-18-15-12-9-6-3)66-60(63)54-51-48-45-42-39-36-32-28-26-23-20-17-14-11-8-5-2/h7,10,16,19,25,27-28,32,34,36-37,39,57H,4-6,8-9,11-15,17-18,20-24,26,29-31,33,35,38,40-56H2,1-3H3/b10-7-,19-16-,27-25-,32-28-,37-34-,39-36-. The zero-order valence-electron chi connectivity index (χ0n) is 43.4. The summed E-state index contributed by atoms with van der Waals surface area (Å²) in [5.41, 5.74) is 0. The van der Waals surface area contributed by atoms with Crippen molar-refractivity contribution in [3.8, 4) is 0 Å². The highest BCUT2D eigenvalue weighted by Gasteiger charge is 2.19. The van der Waals surface area contributed by atoms with Crippen molar-refractivity contribution < 1.29 is 28.6 Å². The van der Waals surface area contributed by atoms with Crippen LogP contribution in [0.4, 0.5) is 0 Å². The highest BCUT2D eigenvalue weighted by Crippen LogP contribution is 2.14. The van der Waals surface area contributed by atoms with Crippen molar-refractivity contribution in [2.45, 2.75) is 277 Å². The fourth-order valence-corrected chi connectivity index (χ4v) is 7.74. The van der Waals surface area contributed by atoms with Crippen LogP contribution >= 0.6 is 0 Å². The van der Waals surface area contributed by atoms with Crippen LogP contribution < -0.4 is 0 Å². The fraction of sp³-hybridized carbons (Fsp3) is 0.750. The molecule has 6 heteroatoms. The van der Waals surface area contributed by atoms with Crippen LogP contribution in [0.1, 0.15) is 271 Å². The fourth-order valence-electron chi connectivity index (χ4n) is 7.74. The van der Waals surface area contributed by atoms with Gasteiger partial charge in [0.2, 0.25) is 0 Å². The third-order valence-corrected chi connectivity index (χ3v) is 11.9. The smallest absolute Gasteiger partial charge is 0.306 e. The average Bonchev–Trinajstić information content (AvgIpc) is 3.31. The number of ether oxygens (including phenoxy) is 3. The molecule has 0 radical (unpaired) electrons. The Morgan fingerprint density at radius 3 is 1.05 bits per heavy atom. The van der Waals surface area contributed by atoms with Gasteiger partial charge in [0, 0.05) is 19.3 Å². The number of carbonyl (C=O) groups is 3. The molecule has 1 atom stereocenters. The van der Waals surface area contributed by atoms with E-state index in [1.165, 1.54) is 128 Å². The van der Waals surface area contributed by atoms with E-state index < -0.39 is 6.10 Å². The summed E-state index contributed by atoms with van der Waals surface area (Å²) in [5.74, 6) is -0.936. The number of allylic oxidation sites excluding steroid dienone is 12. The second-order valence-electron chi connectivity index (χ2n) is 18.5. The second-order valence-corrected chi connectivity index (χ2v) is 18.5. The van der Waals surface area contributed by atoms with Gasteiger partial charge in [-0.05, 0) is 103 Å². The summed E-state index contributed by atoms with van der Waals surface area (Å²) in [7, 11) is 0. The molecule has 0 bridgehead atoms. The Hall–Kier alpha value is -3.15. The van der Waals surface area contributed by atoms with E-state index in [0.29, 0.717) is 19.3 Å². The minimum absolute atomic E-state index is 0.0933. The Morgan fingerprint density at radius 1 is 0.333 bits per heavy atom. The Labute approximate surface area is 408 Å². The third-order valence-electron chi connectivity index (χ3n) is 11.9. The van der Waals surface area contributed by atoms with E-state index in [4.69, 9.17) is 14.2 Å². The SMILES string of the molecule is CC/C=C\C/C=C\C/C=C\CCCCCCCCCCCC(=O)OCC(COC(=O)CCCCC/C=C\CCCCCCCC)OC(=O)CCCCC/C=C\C=C/CCCCCCCCC. The summed E-state index contributed by atoms with van der Waals surface area (Å²) in [6.45, 7) is 6.49. The summed E-state index contributed by atoms with van der Waals surface area (Å²) in [6.07, 6.45) is 68.9. The molecule has 0 fully saturated rings. The summed E-state index contributed by atoms with van der Waals surface area (Å²) in [5, 5.41) is 0. The maximum atomic E-state index is 12.8. The largest absolute Gasteiger partial charge is 0.462 e. The van der Waals surface area contributed by atoms with Gasteiger partial charge in [-0.1, -0.05) is 222 Å². The zero-order valence-corrected chi connectivity index (χ0v) is 43.4. The van der Waals surface area contributed by atoms with Gasteiger partial charge >= 0.3 is 17.9 Å². The van der Waals surface area contributed by atoms with Gasteiger partial charge in [0.1, 0.15) is 13.2 Å². The minimum atomic E-state index is -0.797. The number of hydrogen-bond donors (Lipinski definition) is 0. The van der Waals surface area contributed by atoms with E-state index in [0.717, 1.165) is 103 Å². The van der Waals surface area contributed by atoms with Crippen molar-refractivity contribution in [1.82, 2.24) is 0 Å². The van der Waals surface area contributed by atoms with Crippen LogP contribution in [-0.4, -0.2) is 37.2 Å². The molecule has 0 aliphatic rings. The molecule has 0 rings (SSSR count). The lowest BCUT2D eigenvalue weighted by Gasteiger charge is -2.18. The first-order valence-corrected chi connectivity index (χ1v) is 28.0.